The number of nitrogens with zero attached hydrogens (tertiary/aromatic N) is 5. The Morgan fingerprint density at radius 2 is 1.76 bits per heavy atom. The molecule has 1 N–H and O–H groups in total. The highest BCUT2D eigenvalue weighted by Gasteiger charge is 2.35. The molecule has 1 fully saturated rings. The van der Waals surface area contributed by atoms with Gasteiger partial charge in [0.2, 0.25) is 0 Å². The van der Waals surface area contributed by atoms with Crippen molar-refractivity contribution in [3.8, 4) is 0 Å². The predicted octanol–water partition coefficient (Wildman–Crippen LogP) is 3.35. The largest absolute Gasteiger partial charge is 0.382 e. The van der Waals surface area contributed by atoms with E-state index in [1.165, 1.54) is 35.5 Å². The van der Waals surface area contributed by atoms with Crippen LogP contribution in [0.4, 0.5) is 13.2 Å². The average Bonchev–Trinajstić information content (AvgIpc) is 3.27. The van der Waals surface area contributed by atoms with Crippen LogP contribution in [-0.2, 0) is 12.1 Å². The molecule has 4 rings (SSSR count). The Balaban J connectivity index is 1.41. The molecule has 0 aliphatic carbocycles. The van der Waals surface area contributed by atoms with Crippen molar-refractivity contribution in [2.24, 2.45) is 0 Å². The summed E-state index contributed by atoms with van der Waals surface area (Å²) in [6.07, 6.45) is 4.70. The molecular formula is C24H28F3N5O. The van der Waals surface area contributed by atoms with Gasteiger partial charge >= 0.3 is 0 Å². The van der Waals surface area contributed by atoms with E-state index in [9.17, 15) is 18.3 Å². The lowest BCUT2D eigenvalue weighted by molar-refractivity contribution is -0.0285. The summed E-state index contributed by atoms with van der Waals surface area (Å²) in [5.74, 6) is -1.33. The Morgan fingerprint density at radius 3 is 2.39 bits per heavy atom. The van der Waals surface area contributed by atoms with Crippen LogP contribution in [0.25, 0.3) is 0 Å². The Morgan fingerprint density at radius 1 is 1.06 bits per heavy atom. The van der Waals surface area contributed by atoms with Crippen LogP contribution in [0.3, 0.4) is 0 Å². The fourth-order valence-corrected chi connectivity index (χ4v) is 4.65. The molecule has 0 bridgehead atoms. The standard InChI is InChI=1S/C24H28F3N5O/c1-30(17-31-10-8-19(9-11-31)18-2-4-20(25)5-3-18)13-24(33,14-32-16-28-15-29-32)22-7-6-21(26)12-23(22)27/h2-7,12,15-16,19,33H,8-11,13-14,17H2,1H3. The predicted molar refractivity (Wildman–Crippen MR) is 118 cm³/mol. The first-order chi connectivity index (χ1) is 15.8. The maximum Gasteiger partial charge on any atom is 0.137 e. The molecule has 1 aliphatic rings. The zero-order valence-electron chi connectivity index (χ0n) is 18.5. The number of hydrogen-bond donors (Lipinski definition) is 1. The molecule has 33 heavy (non-hydrogen) atoms. The van der Waals surface area contributed by atoms with Gasteiger partial charge in [0.25, 0.3) is 0 Å². The van der Waals surface area contributed by atoms with Gasteiger partial charge in [0.05, 0.1) is 13.2 Å². The van der Waals surface area contributed by atoms with Crippen LogP contribution in [0.1, 0.15) is 29.9 Å². The van der Waals surface area contributed by atoms with E-state index in [0.717, 1.165) is 43.6 Å². The van der Waals surface area contributed by atoms with Gasteiger partial charge in [0.15, 0.2) is 0 Å². The van der Waals surface area contributed by atoms with Gasteiger partial charge < -0.3 is 5.11 Å². The van der Waals surface area contributed by atoms with E-state index in [1.807, 2.05) is 24.1 Å². The number of benzene rings is 2. The second-order valence-corrected chi connectivity index (χ2v) is 8.85. The first kappa shape index (κ1) is 23.4. The first-order valence-electron chi connectivity index (χ1n) is 11.0. The molecule has 1 aliphatic heterocycles. The van der Waals surface area contributed by atoms with Crippen molar-refractivity contribution >= 4 is 0 Å². The van der Waals surface area contributed by atoms with Crippen LogP contribution in [0.15, 0.2) is 55.1 Å². The van der Waals surface area contributed by atoms with Crippen molar-refractivity contribution in [1.29, 1.82) is 0 Å². The first-order valence-corrected chi connectivity index (χ1v) is 11.0. The van der Waals surface area contributed by atoms with Gasteiger partial charge in [-0.15, -0.1) is 0 Å². The Labute approximate surface area is 191 Å². The van der Waals surface area contributed by atoms with Crippen LogP contribution in [-0.4, -0.2) is 63.0 Å². The number of aliphatic hydroxyl groups is 1. The summed E-state index contributed by atoms with van der Waals surface area (Å²) in [5.41, 5.74) is -0.466. The topological polar surface area (TPSA) is 57.4 Å². The van der Waals surface area contributed by atoms with Gasteiger partial charge in [-0.1, -0.05) is 18.2 Å². The van der Waals surface area contributed by atoms with Gasteiger partial charge in [-0.3, -0.25) is 9.80 Å². The third kappa shape index (κ3) is 5.79. The number of hydrogen-bond acceptors (Lipinski definition) is 5. The minimum atomic E-state index is -1.63. The smallest absolute Gasteiger partial charge is 0.137 e. The fourth-order valence-electron chi connectivity index (χ4n) is 4.65. The molecular weight excluding hydrogens is 431 g/mol. The van der Waals surface area contributed by atoms with Gasteiger partial charge in [0.1, 0.15) is 35.7 Å². The maximum absolute atomic E-state index is 14.6. The lowest BCUT2D eigenvalue weighted by Gasteiger charge is -2.38. The second kappa shape index (κ2) is 10.0. The molecule has 2 aromatic carbocycles. The van der Waals surface area contributed by atoms with E-state index in [-0.39, 0.29) is 24.5 Å². The minimum Gasteiger partial charge on any atom is -0.382 e. The van der Waals surface area contributed by atoms with Crippen molar-refractivity contribution < 1.29 is 18.3 Å². The molecule has 6 nitrogen and oxygen atoms in total. The normalized spacial score (nSPS) is 17.4. The summed E-state index contributed by atoms with van der Waals surface area (Å²) in [6.45, 7) is 2.40. The summed E-state index contributed by atoms with van der Waals surface area (Å²) >= 11 is 0. The van der Waals surface area contributed by atoms with Crippen LogP contribution in [0, 0.1) is 17.5 Å². The highest BCUT2D eigenvalue weighted by atomic mass is 19.1. The quantitative estimate of drug-likeness (QED) is 0.560. The molecule has 0 saturated carbocycles. The molecule has 1 atom stereocenters. The lowest BCUT2D eigenvalue weighted by Crippen LogP contribution is -2.48. The van der Waals surface area contributed by atoms with Crippen molar-refractivity contribution in [1.82, 2.24) is 24.6 Å². The van der Waals surface area contributed by atoms with Gasteiger partial charge in [-0.2, -0.15) is 5.10 Å². The molecule has 176 valence electrons. The number of rotatable bonds is 8. The summed E-state index contributed by atoms with van der Waals surface area (Å²) in [6, 6.07) is 9.91. The number of piperidine rings is 1. The molecule has 9 heteroatoms. The number of aromatic nitrogens is 3. The number of halogens is 3. The minimum absolute atomic E-state index is 0.0151. The van der Waals surface area contributed by atoms with Gasteiger partial charge in [-0.05, 0) is 62.7 Å². The maximum atomic E-state index is 14.6. The second-order valence-electron chi connectivity index (χ2n) is 8.85. The number of likely N-dealkylation sites (N-methyl/N-ethyl adjacent to an activating group) is 1. The molecule has 1 saturated heterocycles. The monoisotopic (exact) mass is 459 g/mol. The van der Waals surface area contributed by atoms with Crippen molar-refractivity contribution in [3.05, 3.63) is 83.7 Å². The van der Waals surface area contributed by atoms with Crippen molar-refractivity contribution in [3.63, 3.8) is 0 Å². The Bertz CT molecular complexity index is 1040. The van der Waals surface area contributed by atoms with Crippen LogP contribution in [0.5, 0.6) is 0 Å². The molecule has 3 aromatic rings. The highest BCUT2D eigenvalue weighted by molar-refractivity contribution is 5.26. The van der Waals surface area contributed by atoms with Crippen molar-refractivity contribution in [2.75, 3.05) is 33.4 Å². The SMILES string of the molecule is CN(CN1CCC(c2ccc(F)cc2)CC1)CC(O)(Cn1cncn1)c1ccc(F)cc1F. The van der Waals surface area contributed by atoms with E-state index in [2.05, 4.69) is 15.0 Å². The summed E-state index contributed by atoms with van der Waals surface area (Å²) in [5, 5.41) is 15.5. The van der Waals surface area contributed by atoms with E-state index in [4.69, 9.17) is 0 Å². The molecule has 0 radical (unpaired) electrons. The molecule has 0 amide bonds. The molecule has 2 heterocycles. The van der Waals surface area contributed by atoms with Crippen LogP contribution in [0.2, 0.25) is 0 Å². The molecule has 0 spiro atoms. The lowest BCUT2D eigenvalue weighted by atomic mass is 9.89. The third-order valence-electron chi connectivity index (χ3n) is 6.22. The number of likely N-dealkylation sites (tertiary alicyclic amines) is 1. The molecule has 1 unspecified atom stereocenters. The third-order valence-corrected chi connectivity index (χ3v) is 6.22. The Hall–Kier alpha value is -2.75. The van der Waals surface area contributed by atoms with Crippen LogP contribution >= 0.6 is 0 Å². The molecule has 1 aromatic heterocycles. The van der Waals surface area contributed by atoms with E-state index >= 15 is 0 Å². The van der Waals surface area contributed by atoms with Gasteiger partial charge in [-0.25, -0.2) is 22.8 Å². The average molecular weight is 460 g/mol. The summed E-state index contributed by atoms with van der Waals surface area (Å²) in [4.78, 5) is 8.09. The van der Waals surface area contributed by atoms with E-state index in [0.29, 0.717) is 12.6 Å². The van der Waals surface area contributed by atoms with Crippen LogP contribution < -0.4 is 0 Å². The summed E-state index contributed by atoms with van der Waals surface area (Å²) in [7, 11) is 1.86. The Kier molecular flexibility index (Phi) is 7.11. The fraction of sp³-hybridized carbons (Fsp3) is 0.417. The summed E-state index contributed by atoms with van der Waals surface area (Å²) < 4.78 is 42.7. The zero-order valence-corrected chi connectivity index (χ0v) is 18.5. The van der Waals surface area contributed by atoms with Crippen molar-refractivity contribution in [2.45, 2.75) is 30.9 Å². The van der Waals surface area contributed by atoms with E-state index in [1.54, 1.807) is 0 Å². The van der Waals surface area contributed by atoms with E-state index < -0.39 is 17.2 Å². The van der Waals surface area contributed by atoms with Gasteiger partial charge in [0, 0.05) is 18.2 Å². The zero-order chi connectivity index (χ0) is 23.4. The highest BCUT2D eigenvalue weighted by Crippen LogP contribution is 2.30.